The molecule has 1 aromatic rings. The van der Waals surface area contributed by atoms with Crippen molar-refractivity contribution in [2.24, 2.45) is 5.73 Å². The number of aromatic nitrogens is 1. The van der Waals surface area contributed by atoms with E-state index in [4.69, 9.17) is 15.4 Å². The van der Waals surface area contributed by atoms with Crippen molar-refractivity contribution in [1.29, 1.82) is 0 Å². The molecular weight excluding hydrogens is 200 g/mol. The van der Waals surface area contributed by atoms with Gasteiger partial charge in [-0.25, -0.2) is 0 Å². The lowest BCUT2D eigenvalue weighted by molar-refractivity contribution is 0.147. The second-order valence-electron chi connectivity index (χ2n) is 1.80. The van der Waals surface area contributed by atoms with Gasteiger partial charge in [-0.3, -0.25) is 0 Å². The first-order valence-corrected chi connectivity index (χ1v) is 3.53. The minimum atomic E-state index is -0.751. The first kappa shape index (κ1) is 7.71. The average molecular weight is 207 g/mol. The molecule has 0 spiro atoms. The first-order chi connectivity index (χ1) is 4.74. The van der Waals surface area contributed by atoms with Gasteiger partial charge in [-0.05, 0) is 15.9 Å². The largest absolute Gasteiger partial charge is 0.384 e. The van der Waals surface area contributed by atoms with Crippen molar-refractivity contribution in [2.75, 3.05) is 6.54 Å². The third kappa shape index (κ3) is 1.56. The molecule has 1 rings (SSSR count). The topological polar surface area (TPSA) is 72.3 Å². The molecule has 0 amide bonds. The van der Waals surface area contributed by atoms with E-state index >= 15 is 0 Å². The van der Waals surface area contributed by atoms with Gasteiger partial charge in [0.05, 0.1) is 0 Å². The number of aliphatic hydroxyl groups excluding tert-OH is 1. The lowest BCUT2D eigenvalue weighted by Crippen LogP contribution is -2.10. The number of hydrogen-bond acceptors (Lipinski definition) is 4. The van der Waals surface area contributed by atoms with Crippen LogP contribution < -0.4 is 5.73 Å². The number of nitrogens with two attached hydrogens (primary N) is 1. The van der Waals surface area contributed by atoms with Crippen LogP contribution in [0.3, 0.4) is 0 Å². The van der Waals surface area contributed by atoms with E-state index in [9.17, 15) is 0 Å². The summed E-state index contributed by atoms with van der Waals surface area (Å²) in [6.07, 6.45) is -0.751. The summed E-state index contributed by atoms with van der Waals surface area (Å²) in [4.78, 5) is 0. The molecule has 0 radical (unpaired) electrons. The van der Waals surface area contributed by atoms with Crippen LogP contribution in [-0.2, 0) is 0 Å². The molecule has 1 atom stereocenters. The number of nitrogens with zero attached hydrogens (tertiary/aromatic N) is 1. The van der Waals surface area contributed by atoms with Crippen LogP contribution in [0.15, 0.2) is 15.2 Å². The highest BCUT2D eigenvalue weighted by atomic mass is 79.9. The molecule has 0 aliphatic heterocycles. The van der Waals surface area contributed by atoms with Gasteiger partial charge in [0.15, 0.2) is 5.76 Å². The van der Waals surface area contributed by atoms with Crippen molar-refractivity contribution < 1.29 is 9.63 Å². The maximum absolute atomic E-state index is 9.06. The van der Waals surface area contributed by atoms with Crippen molar-refractivity contribution >= 4 is 15.9 Å². The van der Waals surface area contributed by atoms with Gasteiger partial charge in [0, 0.05) is 12.6 Å². The molecule has 0 saturated carbocycles. The summed E-state index contributed by atoms with van der Waals surface area (Å²) in [5, 5.41) is 12.6. The maximum Gasteiger partial charge on any atom is 0.167 e. The zero-order valence-electron chi connectivity index (χ0n) is 5.12. The Balaban J connectivity index is 2.74. The van der Waals surface area contributed by atoms with Gasteiger partial charge in [0.1, 0.15) is 10.7 Å². The van der Waals surface area contributed by atoms with Crippen LogP contribution in [0.2, 0.25) is 0 Å². The molecule has 3 N–H and O–H groups in total. The monoisotopic (exact) mass is 206 g/mol. The second-order valence-corrected chi connectivity index (χ2v) is 2.62. The zero-order valence-corrected chi connectivity index (χ0v) is 6.71. The Morgan fingerprint density at radius 3 is 3.00 bits per heavy atom. The summed E-state index contributed by atoms with van der Waals surface area (Å²) >= 11 is 3.07. The van der Waals surface area contributed by atoms with Crippen molar-refractivity contribution in [1.82, 2.24) is 5.16 Å². The van der Waals surface area contributed by atoms with E-state index in [0.29, 0.717) is 10.4 Å². The smallest absolute Gasteiger partial charge is 0.167 e. The van der Waals surface area contributed by atoms with E-state index in [1.165, 1.54) is 0 Å². The Morgan fingerprint density at radius 2 is 2.60 bits per heavy atom. The molecule has 0 aromatic carbocycles. The highest BCUT2D eigenvalue weighted by molar-refractivity contribution is 9.10. The van der Waals surface area contributed by atoms with Gasteiger partial charge in [-0.15, -0.1) is 0 Å². The molecule has 1 heterocycles. The molecule has 0 bridgehead atoms. The molecule has 0 aliphatic carbocycles. The minimum absolute atomic E-state index is 0.141. The summed E-state index contributed by atoms with van der Waals surface area (Å²) in [6.45, 7) is 0.141. The van der Waals surface area contributed by atoms with Crippen molar-refractivity contribution in [3.05, 3.63) is 16.4 Å². The summed E-state index contributed by atoms with van der Waals surface area (Å²) in [5.41, 5.74) is 5.16. The molecule has 0 saturated heterocycles. The molecule has 1 unspecified atom stereocenters. The van der Waals surface area contributed by atoms with Crippen LogP contribution in [-0.4, -0.2) is 16.8 Å². The van der Waals surface area contributed by atoms with Crippen LogP contribution in [0.5, 0.6) is 0 Å². The van der Waals surface area contributed by atoms with Crippen LogP contribution >= 0.6 is 15.9 Å². The van der Waals surface area contributed by atoms with Gasteiger partial charge < -0.3 is 15.4 Å². The predicted octanol–water partition coefficient (Wildman–Crippen LogP) is 0.429. The predicted molar refractivity (Wildman–Crippen MR) is 38.2 cm³/mol. The molecule has 5 heteroatoms. The lowest BCUT2D eigenvalue weighted by Gasteiger charge is -1.98. The Bertz CT molecular complexity index is 213. The third-order valence-corrected chi connectivity index (χ3v) is 1.43. The third-order valence-electron chi connectivity index (χ3n) is 1.05. The molecule has 0 aliphatic rings. The molecule has 1 aromatic heterocycles. The number of aliphatic hydroxyl groups is 1. The summed E-state index contributed by atoms with van der Waals surface area (Å²) in [7, 11) is 0. The molecule has 56 valence electrons. The Hall–Kier alpha value is -0.390. The molecule has 4 nitrogen and oxygen atoms in total. The average Bonchev–Trinajstić information content (AvgIpc) is 2.34. The van der Waals surface area contributed by atoms with Crippen LogP contribution in [0.1, 0.15) is 11.9 Å². The number of rotatable bonds is 2. The van der Waals surface area contributed by atoms with Crippen LogP contribution in [0.4, 0.5) is 0 Å². The SMILES string of the molecule is NCC(O)c1cc(Br)no1. The van der Waals surface area contributed by atoms with E-state index in [-0.39, 0.29) is 6.54 Å². The van der Waals surface area contributed by atoms with Gasteiger partial charge in [0.2, 0.25) is 0 Å². The Morgan fingerprint density at radius 1 is 1.90 bits per heavy atom. The standard InChI is InChI=1S/C5H7BrN2O2/c6-5-1-4(10-8-5)3(9)2-7/h1,3,9H,2,7H2. The number of hydrogen-bond donors (Lipinski definition) is 2. The normalized spacial score (nSPS) is 13.5. The molecular formula is C5H7BrN2O2. The van der Waals surface area contributed by atoms with Gasteiger partial charge in [0.25, 0.3) is 0 Å². The fraction of sp³-hybridized carbons (Fsp3) is 0.400. The first-order valence-electron chi connectivity index (χ1n) is 2.74. The lowest BCUT2D eigenvalue weighted by atomic mass is 10.3. The van der Waals surface area contributed by atoms with E-state index in [2.05, 4.69) is 21.1 Å². The van der Waals surface area contributed by atoms with E-state index < -0.39 is 6.10 Å². The fourth-order valence-electron chi connectivity index (χ4n) is 0.540. The highest BCUT2D eigenvalue weighted by Crippen LogP contribution is 2.15. The van der Waals surface area contributed by atoms with Crippen molar-refractivity contribution in [2.45, 2.75) is 6.10 Å². The van der Waals surface area contributed by atoms with Gasteiger partial charge >= 0.3 is 0 Å². The zero-order chi connectivity index (χ0) is 7.56. The van der Waals surface area contributed by atoms with E-state index in [1.54, 1.807) is 6.07 Å². The summed E-state index contributed by atoms with van der Waals surface area (Å²) in [5.74, 6) is 0.384. The fourth-order valence-corrected chi connectivity index (χ4v) is 0.838. The minimum Gasteiger partial charge on any atom is -0.384 e. The quantitative estimate of drug-likeness (QED) is 0.737. The van der Waals surface area contributed by atoms with Crippen molar-refractivity contribution in [3.8, 4) is 0 Å². The number of halogens is 1. The molecule has 10 heavy (non-hydrogen) atoms. The Labute approximate surface area is 66.1 Å². The van der Waals surface area contributed by atoms with Gasteiger partial charge in [-0.1, -0.05) is 5.16 Å². The maximum atomic E-state index is 9.06. The van der Waals surface area contributed by atoms with Crippen molar-refractivity contribution in [3.63, 3.8) is 0 Å². The summed E-state index contributed by atoms with van der Waals surface area (Å²) in [6, 6.07) is 1.58. The van der Waals surface area contributed by atoms with Gasteiger partial charge in [-0.2, -0.15) is 0 Å². The van der Waals surface area contributed by atoms with E-state index in [1.807, 2.05) is 0 Å². The second kappa shape index (κ2) is 3.14. The molecule has 0 fully saturated rings. The van der Waals surface area contributed by atoms with Crippen LogP contribution in [0, 0.1) is 0 Å². The van der Waals surface area contributed by atoms with Crippen LogP contribution in [0.25, 0.3) is 0 Å². The summed E-state index contributed by atoms with van der Waals surface area (Å²) < 4.78 is 5.25. The highest BCUT2D eigenvalue weighted by Gasteiger charge is 2.10. The van der Waals surface area contributed by atoms with E-state index in [0.717, 1.165) is 0 Å². The Kier molecular flexibility index (Phi) is 2.42.